The molecular weight excluding hydrogens is 1220 g/mol. The van der Waals surface area contributed by atoms with Gasteiger partial charge in [-0.15, -0.1) is 56.6 Å². The Morgan fingerprint density at radius 2 is 0.556 bits per heavy atom. The lowest BCUT2D eigenvalue weighted by Crippen LogP contribution is -2.67. The van der Waals surface area contributed by atoms with Crippen LogP contribution in [-0.2, 0) is 20.6 Å². The number of rotatable bonds is 30. The Bertz CT molecular complexity index is 1560. The predicted octanol–water partition coefficient (Wildman–Crippen LogP) is 25.9. The smallest absolute Gasteiger partial charge is 0.389 e. The topological polar surface area (TPSA) is 46.2 Å². The van der Waals surface area contributed by atoms with E-state index in [9.17, 15) is 13.2 Å². The van der Waals surface area contributed by atoms with E-state index in [1.54, 1.807) is 12.2 Å². The molecule has 0 aliphatic rings. The van der Waals surface area contributed by atoms with Crippen LogP contribution < -0.4 is 0 Å². The maximum absolute atomic E-state index is 12.7. The van der Waals surface area contributed by atoms with Gasteiger partial charge in [-0.05, 0) is 121 Å². The van der Waals surface area contributed by atoms with Gasteiger partial charge in [0.1, 0.15) is 0 Å². The molecule has 0 saturated heterocycles. The molecule has 0 bridgehead atoms. The largest absolute Gasteiger partial charge is 0.457 e. The van der Waals surface area contributed by atoms with Crippen molar-refractivity contribution in [1.29, 1.82) is 0 Å². The highest BCUT2D eigenvalue weighted by molar-refractivity contribution is 7.43. The maximum Gasteiger partial charge on any atom is 0.389 e. The molecule has 0 spiro atoms. The van der Waals surface area contributed by atoms with E-state index in [2.05, 4.69) is 211 Å². The second-order valence-electron chi connectivity index (χ2n) is 24.8. The Labute approximate surface area is 528 Å². The summed E-state index contributed by atoms with van der Waals surface area (Å²) in [5.41, 5.74) is 12.1. The zero-order valence-corrected chi connectivity index (χ0v) is 65.0. The molecule has 0 aliphatic heterocycles. The van der Waals surface area contributed by atoms with Gasteiger partial charge in [-0.3, -0.25) is 0 Å². The zero-order valence-electron chi connectivity index (χ0n) is 52.0. The highest BCUT2D eigenvalue weighted by atomic mass is 29.3. The first kappa shape index (κ1) is 116. The highest BCUT2D eigenvalue weighted by Gasteiger charge is 2.54. The lowest BCUT2D eigenvalue weighted by molar-refractivity contribution is -0.131. The van der Waals surface area contributed by atoms with Crippen molar-refractivity contribution in [1.82, 2.24) is 0 Å². The zero-order chi connectivity index (χ0) is 57.8. The van der Waals surface area contributed by atoms with E-state index < -0.39 is 116 Å². The Hall–Kier alpha value is 0.849. The number of halogens is 3. The van der Waals surface area contributed by atoms with Gasteiger partial charge in [-0.1, -0.05) is 204 Å². The molecule has 0 fully saturated rings. The molecule has 0 aromatic heterocycles. The van der Waals surface area contributed by atoms with Crippen LogP contribution in [0.1, 0.15) is 136 Å². The van der Waals surface area contributed by atoms with Crippen molar-refractivity contribution >= 4 is 104 Å². The summed E-state index contributed by atoms with van der Waals surface area (Å²) >= 11 is 0. The van der Waals surface area contributed by atoms with Gasteiger partial charge in [0, 0.05) is 6.42 Å². The van der Waals surface area contributed by atoms with Gasteiger partial charge >= 0.3 is 14.7 Å². The van der Waals surface area contributed by atoms with E-state index in [0.29, 0.717) is 0 Å². The van der Waals surface area contributed by atoms with Crippen LogP contribution >= 0.6 is 0 Å². The van der Waals surface area contributed by atoms with Crippen LogP contribution in [0.2, 0.25) is 179 Å². The third-order valence-electron chi connectivity index (χ3n) is 17.0. The summed E-state index contributed by atoms with van der Waals surface area (Å²) < 4.78 is 71.0. The fourth-order valence-corrected chi connectivity index (χ4v) is 81.9. The van der Waals surface area contributed by atoms with Crippen LogP contribution in [0.25, 0.3) is 0 Å². The van der Waals surface area contributed by atoms with Crippen molar-refractivity contribution in [2.45, 2.75) is 321 Å². The van der Waals surface area contributed by atoms with Gasteiger partial charge in [-0.2, -0.15) is 13.2 Å². The number of hydrogen-bond donors (Lipinski definition) is 0. The summed E-state index contributed by atoms with van der Waals surface area (Å²) in [4.78, 5) is 0. The molecule has 0 N–H and O–H groups in total. The lowest BCUT2D eigenvalue weighted by atomic mass is 10.5. The van der Waals surface area contributed by atoms with Gasteiger partial charge in [-0.25, -0.2) is 0 Å². The average molecular weight is 1380 g/mol. The molecule has 0 aromatic rings. The van der Waals surface area contributed by atoms with Crippen LogP contribution in [0.3, 0.4) is 0 Å². The standard InChI is InChI=1S/C16H40OSi3.C14H31F3O2Si4.2C10H24OSi3.10CH4/c1-9-18(10-2,11-3)17-20(15-7,16-8)19(12-4,13-5)14-6;1-10-20(3,4)18-23(9,13-12-14(15,16)17)19-22(7,8)21(5,6)11-2;2*1-9-12(3,4)11-14(7,8)13(5,6)10-2;;;;;;;;;;/h9-16H2,1-8H3;10-11H,1-2,12-13H2,3-9H3;2*9-10H,1-2H2,3-8H3;10*1H4. The second-order valence-corrected chi connectivity index (χ2v) is 104. The van der Waals surface area contributed by atoms with Gasteiger partial charge in [0.15, 0.2) is 64.6 Å². The summed E-state index contributed by atoms with van der Waals surface area (Å²) in [6.07, 6.45) is -5.06. The van der Waals surface area contributed by atoms with Gasteiger partial charge in [0.05, 0.1) is 30.4 Å². The Kier molecular flexibility index (Phi) is 66.0. The summed E-state index contributed by atoms with van der Waals surface area (Å²) in [5.74, 6) is 0. The fraction of sp³-hybridized carbons (Fsp3) is 0.800. The van der Waals surface area contributed by atoms with E-state index in [0.717, 1.165) is 0 Å². The van der Waals surface area contributed by atoms with Crippen molar-refractivity contribution in [2.75, 3.05) is 0 Å². The van der Waals surface area contributed by atoms with Crippen LogP contribution in [0.5, 0.6) is 0 Å². The first-order chi connectivity index (χ1) is 31.6. The van der Waals surface area contributed by atoms with Crippen molar-refractivity contribution in [3.8, 4) is 0 Å². The molecule has 0 aliphatic carbocycles. The van der Waals surface area contributed by atoms with E-state index in [1.807, 2.05) is 30.2 Å². The minimum atomic E-state index is -4.20. The molecule has 0 aromatic carbocycles. The maximum atomic E-state index is 12.7. The molecule has 1 unspecified atom stereocenters. The molecule has 0 amide bonds. The highest BCUT2D eigenvalue weighted by Crippen LogP contribution is 2.41. The summed E-state index contributed by atoms with van der Waals surface area (Å²) in [6.45, 7) is 84.4. The molecule has 21 heteroatoms. The van der Waals surface area contributed by atoms with Gasteiger partial charge in [0.25, 0.3) is 0 Å². The molecule has 0 heterocycles. The molecule has 5 nitrogen and oxygen atoms in total. The normalized spacial score (nSPS) is 13.0. The molecule has 0 saturated carbocycles. The van der Waals surface area contributed by atoms with Crippen molar-refractivity contribution in [2.24, 2.45) is 0 Å². The fourth-order valence-electron chi connectivity index (χ4n) is 8.51. The quantitative estimate of drug-likeness (QED) is 0.0671. The summed E-state index contributed by atoms with van der Waals surface area (Å²) in [7, 11) is -22.5. The number of hydrogen-bond acceptors (Lipinski definition) is 5. The molecular formula is C60H159F3O5Si13. The third kappa shape index (κ3) is 37.5. The number of alkyl halides is 3. The Balaban J connectivity index is -0.0000000602. The third-order valence-corrected chi connectivity index (χ3v) is 109. The summed E-state index contributed by atoms with van der Waals surface area (Å²) in [5, 5.41) is 0. The van der Waals surface area contributed by atoms with Crippen LogP contribution in [0.4, 0.5) is 13.2 Å². The van der Waals surface area contributed by atoms with Crippen LogP contribution in [0, 0.1) is 0 Å². The molecule has 0 radical (unpaired) electrons. The molecule has 0 rings (SSSR count). The molecule has 1 atom stereocenters. The van der Waals surface area contributed by atoms with E-state index in [1.165, 1.54) is 48.4 Å². The summed E-state index contributed by atoms with van der Waals surface area (Å²) in [6, 6.07) is 10.9. The van der Waals surface area contributed by atoms with Crippen molar-refractivity contribution in [3.63, 3.8) is 0 Å². The average Bonchev–Trinajstić information content (AvgIpc) is 3.26. The molecule has 502 valence electrons. The molecule has 81 heavy (non-hydrogen) atoms. The van der Waals surface area contributed by atoms with Crippen molar-refractivity contribution < 1.29 is 33.7 Å². The lowest BCUT2D eigenvalue weighted by Gasteiger charge is -2.51. The van der Waals surface area contributed by atoms with E-state index in [4.69, 9.17) is 20.6 Å². The Morgan fingerprint density at radius 1 is 0.321 bits per heavy atom. The van der Waals surface area contributed by atoms with Crippen molar-refractivity contribution in [3.05, 3.63) is 73.7 Å². The Morgan fingerprint density at radius 3 is 0.741 bits per heavy atom. The van der Waals surface area contributed by atoms with Crippen LogP contribution in [0.15, 0.2) is 73.7 Å². The predicted molar refractivity (Wildman–Crippen MR) is 419 cm³/mol. The first-order valence-corrected chi connectivity index (χ1v) is 67.9. The van der Waals surface area contributed by atoms with E-state index in [-0.39, 0.29) is 80.3 Å². The minimum absolute atomic E-state index is 0. The SMILES string of the molecule is C.C.C.C.C.C.C.C.C.C.C=C[Si](C)(C)O[Si](C)(C)[Si](C)(C)C=C.C=C[Si](C)(C)O[Si](C)(C)[Si](C)(C)C=C.C=C[Si](C)(C)O[Si](C)(CCC(F)(F)F)O[Si](C)(C)[Si](C)(C)C=C.CC[Si](CC)(CC)O[Si](CC)(CC)[Si](CC)(CC)CC. The minimum Gasteiger partial charge on any atom is -0.457 e. The van der Waals surface area contributed by atoms with E-state index >= 15 is 0 Å². The first-order valence-electron chi connectivity index (χ1n) is 27.0. The van der Waals surface area contributed by atoms with Crippen LogP contribution in [-0.4, -0.2) is 110 Å². The van der Waals surface area contributed by atoms with Gasteiger partial charge in [0.2, 0.25) is 0 Å². The van der Waals surface area contributed by atoms with Gasteiger partial charge < -0.3 is 20.6 Å². The monoisotopic (exact) mass is 1380 g/mol. The second kappa shape index (κ2) is 46.0.